The van der Waals surface area contributed by atoms with Gasteiger partial charge in [0.2, 0.25) is 0 Å². The summed E-state index contributed by atoms with van der Waals surface area (Å²) in [5, 5.41) is 2.23. The quantitative estimate of drug-likeness (QED) is 0.649. The zero-order valence-corrected chi connectivity index (χ0v) is 16.6. The molecular formula is C24H31NO2. The summed E-state index contributed by atoms with van der Waals surface area (Å²) in [5.41, 5.74) is 0.870. The standard InChI is InChI=1S/C24H31NO2/c1-3-5-17-12-13-25(21-6-4-7-21)16-23(17)24(26)20-9-8-19-15-22(27-2)11-10-18(19)14-20/h8-11,14-15,17,21,23H,3-7,12-13,16H2,1-2H3. The summed E-state index contributed by atoms with van der Waals surface area (Å²) in [4.78, 5) is 16.1. The molecule has 2 unspecified atom stereocenters. The highest BCUT2D eigenvalue weighted by molar-refractivity contribution is 6.01. The predicted molar refractivity (Wildman–Crippen MR) is 111 cm³/mol. The molecule has 1 saturated carbocycles. The highest BCUT2D eigenvalue weighted by Gasteiger charge is 2.37. The van der Waals surface area contributed by atoms with Gasteiger partial charge in [-0.1, -0.05) is 38.0 Å². The molecule has 2 aromatic carbocycles. The lowest BCUT2D eigenvalue weighted by Crippen LogP contribution is -2.50. The highest BCUT2D eigenvalue weighted by Crippen LogP contribution is 2.35. The van der Waals surface area contributed by atoms with E-state index in [9.17, 15) is 4.79 Å². The molecule has 1 aliphatic carbocycles. The van der Waals surface area contributed by atoms with E-state index in [1.54, 1.807) is 7.11 Å². The third kappa shape index (κ3) is 3.75. The van der Waals surface area contributed by atoms with Gasteiger partial charge >= 0.3 is 0 Å². The molecule has 0 amide bonds. The van der Waals surface area contributed by atoms with E-state index in [1.165, 1.54) is 38.6 Å². The van der Waals surface area contributed by atoms with Crippen molar-refractivity contribution < 1.29 is 9.53 Å². The van der Waals surface area contributed by atoms with Crippen LogP contribution in [0.2, 0.25) is 0 Å². The number of benzene rings is 2. The molecule has 1 saturated heterocycles. The third-order valence-electron chi connectivity index (χ3n) is 6.71. The maximum Gasteiger partial charge on any atom is 0.167 e. The Labute approximate surface area is 162 Å². The number of carbonyl (C=O) groups excluding carboxylic acids is 1. The molecule has 1 heterocycles. The van der Waals surface area contributed by atoms with Crippen molar-refractivity contribution in [2.45, 2.75) is 51.5 Å². The number of likely N-dealkylation sites (tertiary alicyclic amines) is 1. The van der Waals surface area contributed by atoms with E-state index in [0.717, 1.165) is 41.1 Å². The number of hydrogen-bond acceptors (Lipinski definition) is 3. The van der Waals surface area contributed by atoms with Gasteiger partial charge < -0.3 is 4.74 Å². The van der Waals surface area contributed by atoms with Gasteiger partial charge in [0.25, 0.3) is 0 Å². The number of rotatable bonds is 6. The Morgan fingerprint density at radius 1 is 1.11 bits per heavy atom. The SMILES string of the molecule is CCCC1CCN(C2CCC2)CC1C(=O)c1ccc2cc(OC)ccc2c1. The molecule has 27 heavy (non-hydrogen) atoms. The minimum atomic E-state index is 0.148. The Morgan fingerprint density at radius 3 is 2.59 bits per heavy atom. The molecule has 2 atom stereocenters. The van der Waals surface area contributed by atoms with E-state index in [2.05, 4.69) is 30.0 Å². The zero-order valence-electron chi connectivity index (χ0n) is 16.6. The molecule has 4 rings (SSSR count). The van der Waals surface area contributed by atoms with Gasteiger partial charge in [-0.2, -0.15) is 0 Å². The van der Waals surface area contributed by atoms with Crippen LogP contribution in [0.1, 0.15) is 55.8 Å². The van der Waals surface area contributed by atoms with Crippen LogP contribution in [0.25, 0.3) is 10.8 Å². The van der Waals surface area contributed by atoms with Gasteiger partial charge in [0, 0.05) is 24.1 Å². The van der Waals surface area contributed by atoms with Crippen LogP contribution in [-0.4, -0.2) is 36.9 Å². The first-order valence-electron chi connectivity index (χ1n) is 10.6. The third-order valence-corrected chi connectivity index (χ3v) is 6.71. The number of piperidine rings is 1. The lowest BCUT2D eigenvalue weighted by Gasteiger charge is -2.45. The van der Waals surface area contributed by atoms with Crippen LogP contribution in [-0.2, 0) is 0 Å². The van der Waals surface area contributed by atoms with Crippen LogP contribution in [0.5, 0.6) is 5.75 Å². The predicted octanol–water partition coefficient (Wildman–Crippen LogP) is 5.32. The second-order valence-electron chi connectivity index (χ2n) is 8.32. The fraction of sp³-hybridized carbons (Fsp3) is 0.542. The van der Waals surface area contributed by atoms with Crippen LogP contribution in [0.4, 0.5) is 0 Å². The van der Waals surface area contributed by atoms with Crippen molar-refractivity contribution in [3.63, 3.8) is 0 Å². The molecule has 0 bridgehead atoms. The van der Waals surface area contributed by atoms with Crippen molar-refractivity contribution in [3.05, 3.63) is 42.0 Å². The number of carbonyl (C=O) groups is 1. The maximum absolute atomic E-state index is 13.5. The first kappa shape index (κ1) is 18.5. The van der Waals surface area contributed by atoms with E-state index >= 15 is 0 Å². The zero-order chi connectivity index (χ0) is 18.8. The number of ether oxygens (including phenoxy) is 1. The summed E-state index contributed by atoms with van der Waals surface area (Å²) in [5.74, 6) is 1.88. The van der Waals surface area contributed by atoms with Crippen LogP contribution < -0.4 is 4.74 Å². The number of fused-ring (bicyclic) bond motifs is 1. The maximum atomic E-state index is 13.5. The fourth-order valence-electron chi connectivity index (χ4n) is 4.84. The van der Waals surface area contributed by atoms with Crippen molar-refractivity contribution >= 4 is 16.6 Å². The lowest BCUT2D eigenvalue weighted by atomic mass is 9.76. The van der Waals surface area contributed by atoms with Crippen molar-refractivity contribution in [3.8, 4) is 5.75 Å². The summed E-state index contributed by atoms with van der Waals surface area (Å²) in [7, 11) is 1.68. The monoisotopic (exact) mass is 365 g/mol. The van der Waals surface area contributed by atoms with Crippen molar-refractivity contribution in [1.82, 2.24) is 4.90 Å². The van der Waals surface area contributed by atoms with Crippen molar-refractivity contribution in [1.29, 1.82) is 0 Å². The average molecular weight is 366 g/mol. The van der Waals surface area contributed by atoms with Gasteiger partial charge in [0.05, 0.1) is 7.11 Å². The van der Waals surface area contributed by atoms with E-state index in [0.29, 0.717) is 11.7 Å². The van der Waals surface area contributed by atoms with Gasteiger partial charge in [-0.25, -0.2) is 0 Å². The highest BCUT2D eigenvalue weighted by atomic mass is 16.5. The molecule has 0 aromatic heterocycles. The molecule has 2 fully saturated rings. The van der Waals surface area contributed by atoms with Crippen molar-refractivity contribution in [2.75, 3.05) is 20.2 Å². The molecule has 2 aromatic rings. The van der Waals surface area contributed by atoms with Crippen LogP contribution >= 0.6 is 0 Å². The van der Waals surface area contributed by atoms with E-state index in [-0.39, 0.29) is 5.92 Å². The molecule has 0 radical (unpaired) electrons. The summed E-state index contributed by atoms with van der Waals surface area (Å²) in [6.07, 6.45) is 7.49. The van der Waals surface area contributed by atoms with Gasteiger partial charge in [-0.05, 0) is 67.1 Å². The molecule has 2 aliphatic rings. The molecule has 0 N–H and O–H groups in total. The number of methoxy groups -OCH3 is 1. The summed E-state index contributed by atoms with van der Waals surface area (Å²) in [6, 6.07) is 12.9. The molecular weight excluding hydrogens is 334 g/mol. The number of Topliss-reactive ketones (excluding diaryl/α,β-unsaturated/α-hetero) is 1. The van der Waals surface area contributed by atoms with Gasteiger partial charge in [0.15, 0.2) is 5.78 Å². The minimum absolute atomic E-state index is 0.148. The van der Waals surface area contributed by atoms with Crippen LogP contribution in [0, 0.1) is 11.8 Å². The van der Waals surface area contributed by atoms with Crippen molar-refractivity contribution in [2.24, 2.45) is 11.8 Å². The lowest BCUT2D eigenvalue weighted by molar-refractivity contribution is 0.0390. The Hall–Kier alpha value is -1.87. The summed E-state index contributed by atoms with van der Waals surface area (Å²) >= 11 is 0. The first-order chi connectivity index (χ1) is 13.2. The largest absolute Gasteiger partial charge is 0.497 e. The van der Waals surface area contributed by atoms with Crippen LogP contribution in [0.15, 0.2) is 36.4 Å². The normalized spacial score (nSPS) is 23.9. The minimum Gasteiger partial charge on any atom is -0.497 e. The fourth-order valence-corrected chi connectivity index (χ4v) is 4.84. The molecule has 0 spiro atoms. The van der Waals surface area contributed by atoms with E-state index < -0.39 is 0 Å². The molecule has 3 heteroatoms. The summed E-state index contributed by atoms with van der Waals surface area (Å²) < 4.78 is 5.31. The first-order valence-corrected chi connectivity index (χ1v) is 10.6. The number of hydrogen-bond donors (Lipinski definition) is 0. The molecule has 3 nitrogen and oxygen atoms in total. The summed E-state index contributed by atoms with van der Waals surface area (Å²) in [6.45, 7) is 4.37. The average Bonchev–Trinajstić information content (AvgIpc) is 2.66. The Kier molecular flexibility index (Phi) is 5.49. The Balaban J connectivity index is 1.58. The van der Waals surface area contributed by atoms with Gasteiger partial charge in [0.1, 0.15) is 5.75 Å². The molecule has 144 valence electrons. The van der Waals surface area contributed by atoms with E-state index in [4.69, 9.17) is 4.74 Å². The number of nitrogens with zero attached hydrogens (tertiary/aromatic N) is 1. The molecule has 1 aliphatic heterocycles. The smallest absolute Gasteiger partial charge is 0.167 e. The topological polar surface area (TPSA) is 29.5 Å². The second-order valence-corrected chi connectivity index (χ2v) is 8.32. The van der Waals surface area contributed by atoms with E-state index in [1.807, 2.05) is 18.2 Å². The van der Waals surface area contributed by atoms with Gasteiger partial charge in [-0.3, -0.25) is 9.69 Å². The number of ketones is 1. The van der Waals surface area contributed by atoms with Gasteiger partial charge in [-0.15, -0.1) is 0 Å². The Morgan fingerprint density at radius 2 is 1.89 bits per heavy atom. The van der Waals surface area contributed by atoms with Crippen LogP contribution in [0.3, 0.4) is 0 Å². The Bertz CT molecular complexity index is 811. The second kappa shape index (κ2) is 8.02.